The van der Waals surface area contributed by atoms with E-state index in [0.717, 1.165) is 44.1 Å². The number of nitrogens with two attached hydrogens (primary N) is 2. The maximum atomic E-state index is 11.2. The summed E-state index contributed by atoms with van der Waals surface area (Å²) in [5, 5.41) is 0. The van der Waals surface area contributed by atoms with Crippen LogP contribution in [0.4, 0.5) is 0 Å². The van der Waals surface area contributed by atoms with Crippen LogP contribution in [-0.4, -0.2) is 30.4 Å². The molecule has 1 fully saturated rings. The number of nitrogens with zero attached hydrogens (tertiary/aromatic N) is 1. The largest absolute Gasteiger partial charge is 0.366 e. The van der Waals surface area contributed by atoms with Crippen molar-refractivity contribution < 1.29 is 4.79 Å². The number of likely N-dealkylation sites (tertiary alicyclic amines) is 1. The van der Waals surface area contributed by atoms with E-state index in [4.69, 9.17) is 11.5 Å². The molecule has 1 aliphatic heterocycles. The lowest BCUT2D eigenvalue weighted by Gasteiger charge is -2.31. The molecular weight excluding hydrogens is 238 g/mol. The predicted octanol–water partition coefficient (Wildman–Crippen LogP) is 1.35. The van der Waals surface area contributed by atoms with Gasteiger partial charge in [0.2, 0.25) is 5.91 Å². The summed E-state index contributed by atoms with van der Waals surface area (Å²) in [6.45, 7) is 3.93. The van der Waals surface area contributed by atoms with Gasteiger partial charge in [-0.05, 0) is 62.5 Å². The summed E-state index contributed by atoms with van der Waals surface area (Å²) in [7, 11) is 0. The van der Waals surface area contributed by atoms with Crippen LogP contribution in [0.15, 0.2) is 24.3 Å². The molecule has 19 heavy (non-hydrogen) atoms. The third kappa shape index (κ3) is 4.04. The van der Waals surface area contributed by atoms with Crippen molar-refractivity contribution in [3.63, 3.8) is 0 Å². The Morgan fingerprint density at radius 2 is 2.05 bits per heavy atom. The highest BCUT2D eigenvalue weighted by Crippen LogP contribution is 2.21. The number of primary amides is 1. The van der Waals surface area contributed by atoms with Crippen molar-refractivity contribution in [2.45, 2.75) is 25.8 Å². The second-order valence-electron chi connectivity index (χ2n) is 5.36. The Morgan fingerprint density at radius 1 is 1.32 bits per heavy atom. The molecule has 0 unspecified atom stereocenters. The van der Waals surface area contributed by atoms with E-state index in [0.29, 0.717) is 5.56 Å². The first-order valence-corrected chi connectivity index (χ1v) is 7.00. The fraction of sp³-hybridized carbons (Fsp3) is 0.533. The normalized spacial score (nSPS) is 17.5. The summed E-state index contributed by atoms with van der Waals surface area (Å²) in [5.41, 5.74) is 12.7. The molecule has 2 rings (SSSR count). The molecule has 1 amide bonds. The topological polar surface area (TPSA) is 72.3 Å². The average Bonchev–Trinajstić information content (AvgIpc) is 2.42. The van der Waals surface area contributed by atoms with Gasteiger partial charge in [-0.1, -0.05) is 12.1 Å². The van der Waals surface area contributed by atoms with E-state index < -0.39 is 0 Å². The molecule has 1 aliphatic rings. The Hall–Kier alpha value is -1.39. The molecule has 1 aromatic rings. The highest BCUT2D eigenvalue weighted by Gasteiger charge is 2.18. The molecule has 0 spiro atoms. The number of piperidine rings is 1. The zero-order chi connectivity index (χ0) is 13.7. The Bertz CT molecular complexity index is 425. The van der Waals surface area contributed by atoms with Crippen molar-refractivity contribution in [1.29, 1.82) is 0 Å². The lowest BCUT2D eigenvalue weighted by molar-refractivity contribution is 0.1000. The molecule has 4 nitrogen and oxygen atoms in total. The van der Waals surface area contributed by atoms with Crippen molar-refractivity contribution in [3.8, 4) is 0 Å². The lowest BCUT2D eigenvalue weighted by Crippen LogP contribution is -2.33. The second kappa shape index (κ2) is 6.68. The van der Waals surface area contributed by atoms with Crippen molar-refractivity contribution in [1.82, 2.24) is 4.90 Å². The van der Waals surface area contributed by atoms with Crippen LogP contribution in [0.2, 0.25) is 0 Å². The molecular formula is C15H23N3O. The van der Waals surface area contributed by atoms with Crippen LogP contribution < -0.4 is 11.5 Å². The Balaban J connectivity index is 1.88. The SMILES string of the molecule is NCCC1CCN(Cc2cccc(C(N)=O)c2)CC1. The minimum Gasteiger partial charge on any atom is -0.366 e. The maximum Gasteiger partial charge on any atom is 0.248 e. The van der Waals surface area contributed by atoms with Crippen LogP contribution in [0.3, 0.4) is 0 Å². The molecule has 4 heteroatoms. The predicted molar refractivity (Wildman–Crippen MR) is 76.6 cm³/mol. The van der Waals surface area contributed by atoms with Crippen LogP contribution in [0.25, 0.3) is 0 Å². The highest BCUT2D eigenvalue weighted by molar-refractivity contribution is 5.92. The Kier molecular flexibility index (Phi) is 4.93. The molecule has 1 saturated heterocycles. The maximum absolute atomic E-state index is 11.2. The molecule has 4 N–H and O–H groups in total. The number of hydrogen-bond acceptors (Lipinski definition) is 3. The molecule has 1 aromatic carbocycles. The van der Waals surface area contributed by atoms with E-state index in [1.165, 1.54) is 12.8 Å². The zero-order valence-electron chi connectivity index (χ0n) is 11.3. The van der Waals surface area contributed by atoms with Gasteiger partial charge < -0.3 is 11.5 Å². The summed E-state index contributed by atoms with van der Waals surface area (Å²) in [6, 6.07) is 7.61. The molecule has 0 aliphatic carbocycles. The summed E-state index contributed by atoms with van der Waals surface area (Å²) in [5.74, 6) is 0.432. The van der Waals surface area contributed by atoms with Gasteiger partial charge in [-0.25, -0.2) is 0 Å². The third-order valence-electron chi connectivity index (χ3n) is 3.90. The van der Waals surface area contributed by atoms with Gasteiger partial charge in [0.05, 0.1) is 0 Å². The number of carbonyl (C=O) groups is 1. The van der Waals surface area contributed by atoms with Gasteiger partial charge in [0.1, 0.15) is 0 Å². The van der Waals surface area contributed by atoms with Gasteiger partial charge in [-0.3, -0.25) is 9.69 Å². The van der Waals surface area contributed by atoms with Crippen LogP contribution in [-0.2, 0) is 6.54 Å². The molecule has 0 atom stereocenters. The van der Waals surface area contributed by atoms with Crippen LogP contribution in [0.1, 0.15) is 35.2 Å². The standard InChI is InChI=1S/C15H23N3O/c16-7-4-12-5-8-18(9-6-12)11-13-2-1-3-14(10-13)15(17)19/h1-3,10,12H,4-9,11,16H2,(H2,17,19). The van der Waals surface area contributed by atoms with E-state index >= 15 is 0 Å². The number of hydrogen-bond donors (Lipinski definition) is 2. The van der Waals surface area contributed by atoms with Crippen molar-refractivity contribution >= 4 is 5.91 Å². The molecule has 0 bridgehead atoms. The summed E-state index contributed by atoms with van der Waals surface area (Å²) >= 11 is 0. The van der Waals surface area contributed by atoms with E-state index in [2.05, 4.69) is 11.0 Å². The first kappa shape index (κ1) is 14.0. The van der Waals surface area contributed by atoms with Gasteiger partial charge in [0, 0.05) is 12.1 Å². The first-order valence-electron chi connectivity index (χ1n) is 7.00. The fourth-order valence-corrected chi connectivity index (χ4v) is 2.75. The van der Waals surface area contributed by atoms with Crippen molar-refractivity contribution in [3.05, 3.63) is 35.4 Å². The van der Waals surface area contributed by atoms with Gasteiger partial charge in [-0.15, -0.1) is 0 Å². The minimum atomic E-state index is -0.358. The summed E-state index contributed by atoms with van der Waals surface area (Å²) < 4.78 is 0. The van der Waals surface area contributed by atoms with Crippen LogP contribution in [0, 0.1) is 5.92 Å². The lowest BCUT2D eigenvalue weighted by atomic mass is 9.93. The third-order valence-corrected chi connectivity index (χ3v) is 3.90. The molecule has 0 aromatic heterocycles. The van der Waals surface area contributed by atoms with E-state index in [1.807, 2.05) is 12.1 Å². The van der Waals surface area contributed by atoms with E-state index in [1.54, 1.807) is 6.07 Å². The number of rotatable bonds is 5. The Labute approximate surface area is 114 Å². The van der Waals surface area contributed by atoms with Crippen LogP contribution >= 0.6 is 0 Å². The number of benzene rings is 1. The van der Waals surface area contributed by atoms with Gasteiger partial charge in [0.15, 0.2) is 0 Å². The van der Waals surface area contributed by atoms with E-state index in [9.17, 15) is 4.79 Å². The second-order valence-corrected chi connectivity index (χ2v) is 5.36. The first-order chi connectivity index (χ1) is 9.19. The number of carbonyl (C=O) groups excluding carboxylic acids is 1. The summed E-state index contributed by atoms with van der Waals surface area (Å²) in [6.07, 6.45) is 3.60. The number of amides is 1. The molecule has 0 radical (unpaired) electrons. The Morgan fingerprint density at radius 3 is 2.68 bits per heavy atom. The van der Waals surface area contributed by atoms with Gasteiger partial charge >= 0.3 is 0 Å². The molecule has 0 saturated carbocycles. The summed E-state index contributed by atoms with van der Waals surface area (Å²) in [4.78, 5) is 13.6. The van der Waals surface area contributed by atoms with Crippen molar-refractivity contribution in [2.75, 3.05) is 19.6 Å². The minimum absolute atomic E-state index is 0.358. The zero-order valence-corrected chi connectivity index (χ0v) is 11.3. The smallest absolute Gasteiger partial charge is 0.248 e. The fourth-order valence-electron chi connectivity index (χ4n) is 2.75. The van der Waals surface area contributed by atoms with E-state index in [-0.39, 0.29) is 5.91 Å². The average molecular weight is 261 g/mol. The van der Waals surface area contributed by atoms with Crippen molar-refractivity contribution in [2.24, 2.45) is 17.4 Å². The molecule has 1 heterocycles. The highest BCUT2D eigenvalue weighted by atomic mass is 16.1. The van der Waals surface area contributed by atoms with Crippen LogP contribution in [0.5, 0.6) is 0 Å². The molecule has 104 valence electrons. The monoisotopic (exact) mass is 261 g/mol. The van der Waals surface area contributed by atoms with Gasteiger partial charge in [-0.2, -0.15) is 0 Å². The van der Waals surface area contributed by atoms with Gasteiger partial charge in [0.25, 0.3) is 0 Å². The quantitative estimate of drug-likeness (QED) is 0.840.